The number of rotatable bonds is 4. The van der Waals surface area contributed by atoms with Gasteiger partial charge in [-0.25, -0.2) is 14.8 Å². The van der Waals surface area contributed by atoms with E-state index in [2.05, 4.69) is 68.7 Å². The van der Waals surface area contributed by atoms with Gasteiger partial charge in [0.2, 0.25) is 5.95 Å². The molecule has 4 N–H and O–H groups in total. The Morgan fingerprint density at radius 1 is 1.05 bits per heavy atom. The predicted octanol–water partition coefficient (Wildman–Crippen LogP) is 3.45. The van der Waals surface area contributed by atoms with Crippen LogP contribution in [-0.2, 0) is 4.79 Å². The summed E-state index contributed by atoms with van der Waals surface area (Å²) in [5, 5.41) is 40.9. The normalized spacial score (nSPS) is 16.8. The Labute approximate surface area is 210 Å². The lowest BCUT2D eigenvalue weighted by Gasteiger charge is -2.46. The standard InChI is InChI=1S/C21H26N8O.C2HF3O2/c1-20(2)8-14(9-21(3,4)29-20)25-19-23-11-17(27-28-19)15-6-5-13(7-18(15)30)16-10-22-12-24-26-16;3-2(4,5)1(6)7/h5-7,10-12,14,29-30H,8-9H2,1-4H3,(H,23,25,28);(H,6,7). The van der Waals surface area contributed by atoms with Crippen LogP contribution >= 0.6 is 0 Å². The zero-order valence-electron chi connectivity index (χ0n) is 20.6. The summed E-state index contributed by atoms with van der Waals surface area (Å²) in [6.07, 6.45) is 1.40. The van der Waals surface area contributed by atoms with Gasteiger partial charge in [0, 0.05) is 28.2 Å². The minimum absolute atomic E-state index is 0.0268. The summed E-state index contributed by atoms with van der Waals surface area (Å²) in [5.74, 6) is -2.21. The van der Waals surface area contributed by atoms with Crippen LogP contribution in [0.1, 0.15) is 40.5 Å². The molecule has 1 fully saturated rings. The number of hydrogen-bond acceptors (Lipinski definition) is 10. The highest BCUT2D eigenvalue weighted by Gasteiger charge is 2.38. The number of nitrogens with one attached hydrogen (secondary N) is 2. The van der Waals surface area contributed by atoms with Gasteiger partial charge in [0.15, 0.2) is 0 Å². The van der Waals surface area contributed by atoms with Crippen LogP contribution < -0.4 is 10.6 Å². The average Bonchev–Trinajstić information content (AvgIpc) is 2.78. The first-order chi connectivity index (χ1) is 17.2. The molecule has 0 bridgehead atoms. The van der Waals surface area contributed by atoms with Crippen LogP contribution in [0.5, 0.6) is 5.75 Å². The van der Waals surface area contributed by atoms with Crippen LogP contribution in [0.3, 0.4) is 0 Å². The molecule has 1 saturated heterocycles. The van der Waals surface area contributed by atoms with Crippen molar-refractivity contribution in [1.29, 1.82) is 0 Å². The number of alkyl halides is 3. The number of piperidine rings is 1. The number of carboxylic acids is 1. The summed E-state index contributed by atoms with van der Waals surface area (Å²) in [6.45, 7) is 8.81. The van der Waals surface area contributed by atoms with E-state index in [1.165, 1.54) is 6.33 Å². The topological polar surface area (TPSA) is 159 Å². The SMILES string of the molecule is CC1(C)CC(Nc2ncc(-c3ccc(-c4cncnn4)cc3O)nn2)CC(C)(C)N1.O=C(O)C(F)(F)F. The minimum atomic E-state index is -5.08. The summed E-state index contributed by atoms with van der Waals surface area (Å²) < 4.78 is 31.7. The van der Waals surface area contributed by atoms with Gasteiger partial charge >= 0.3 is 12.1 Å². The molecule has 0 atom stereocenters. The van der Waals surface area contributed by atoms with Crippen molar-refractivity contribution in [1.82, 2.24) is 35.7 Å². The maximum atomic E-state index is 10.6. The lowest BCUT2D eigenvalue weighted by atomic mass is 9.80. The van der Waals surface area contributed by atoms with Crippen molar-refractivity contribution in [2.75, 3.05) is 5.32 Å². The molecule has 3 aromatic rings. The van der Waals surface area contributed by atoms with E-state index in [-0.39, 0.29) is 22.9 Å². The monoisotopic (exact) mass is 520 g/mol. The second-order valence-corrected chi connectivity index (χ2v) is 9.84. The molecule has 0 spiro atoms. The van der Waals surface area contributed by atoms with Crippen molar-refractivity contribution in [2.45, 2.75) is 63.8 Å². The number of halogens is 3. The molecule has 37 heavy (non-hydrogen) atoms. The number of aliphatic carboxylic acids is 1. The largest absolute Gasteiger partial charge is 0.507 e. The van der Waals surface area contributed by atoms with E-state index in [4.69, 9.17) is 9.90 Å². The van der Waals surface area contributed by atoms with E-state index < -0.39 is 12.1 Å². The Balaban J connectivity index is 0.000000479. The number of phenols is 1. The van der Waals surface area contributed by atoms with Gasteiger partial charge in [-0.3, -0.25) is 0 Å². The fraction of sp³-hybridized carbons (Fsp3) is 0.435. The molecule has 0 unspecified atom stereocenters. The summed E-state index contributed by atoms with van der Waals surface area (Å²) in [7, 11) is 0. The third-order valence-corrected chi connectivity index (χ3v) is 5.38. The van der Waals surface area contributed by atoms with Crippen molar-refractivity contribution in [3.05, 3.63) is 36.9 Å². The molecule has 0 amide bonds. The molecule has 4 rings (SSSR count). The highest BCUT2D eigenvalue weighted by atomic mass is 19.4. The van der Waals surface area contributed by atoms with Crippen LogP contribution in [0.2, 0.25) is 0 Å². The molecule has 0 aliphatic carbocycles. The van der Waals surface area contributed by atoms with Crippen LogP contribution in [-0.4, -0.2) is 69.8 Å². The molecule has 11 nitrogen and oxygen atoms in total. The average molecular weight is 521 g/mol. The van der Waals surface area contributed by atoms with Crippen molar-refractivity contribution in [3.8, 4) is 28.3 Å². The first kappa shape index (κ1) is 27.6. The zero-order valence-corrected chi connectivity index (χ0v) is 20.6. The lowest BCUT2D eigenvalue weighted by molar-refractivity contribution is -0.192. The van der Waals surface area contributed by atoms with Gasteiger partial charge in [0.05, 0.1) is 12.4 Å². The van der Waals surface area contributed by atoms with Gasteiger partial charge < -0.3 is 20.8 Å². The Kier molecular flexibility index (Phi) is 7.91. The van der Waals surface area contributed by atoms with Gasteiger partial charge in [-0.15, -0.1) is 20.4 Å². The maximum absolute atomic E-state index is 10.6. The number of benzene rings is 1. The summed E-state index contributed by atoms with van der Waals surface area (Å²) in [4.78, 5) is 17.3. The molecule has 1 aliphatic heterocycles. The Morgan fingerprint density at radius 3 is 2.19 bits per heavy atom. The van der Waals surface area contributed by atoms with Crippen LogP contribution in [0.4, 0.5) is 19.1 Å². The zero-order chi connectivity index (χ0) is 27.4. The second kappa shape index (κ2) is 10.6. The van der Waals surface area contributed by atoms with Crippen LogP contribution in [0.15, 0.2) is 36.9 Å². The Bertz CT molecular complexity index is 1210. The van der Waals surface area contributed by atoms with Crippen LogP contribution in [0.25, 0.3) is 22.5 Å². The fourth-order valence-electron chi connectivity index (χ4n) is 4.36. The first-order valence-electron chi connectivity index (χ1n) is 11.2. The fourth-order valence-corrected chi connectivity index (χ4v) is 4.36. The third kappa shape index (κ3) is 7.77. The van der Waals surface area contributed by atoms with Crippen molar-refractivity contribution in [3.63, 3.8) is 0 Å². The Hall–Kier alpha value is -3.94. The van der Waals surface area contributed by atoms with Gasteiger partial charge in [0.25, 0.3) is 0 Å². The van der Waals surface area contributed by atoms with Crippen molar-refractivity contribution < 1.29 is 28.2 Å². The molecule has 0 saturated carbocycles. The molecule has 1 aromatic carbocycles. The number of hydrogen-bond donors (Lipinski definition) is 4. The number of nitrogens with zero attached hydrogens (tertiary/aromatic N) is 6. The van der Waals surface area contributed by atoms with E-state index in [1.807, 2.05) is 6.07 Å². The molecule has 2 aromatic heterocycles. The predicted molar refractivity (Wildman–Crippen MR) is 127 cm³/mol. The first-order valence-corrected chi connectivity index (χ1v) is 11.2. The van der Waals surface area contributed by atoms with Crippen molar-refractivity contribution >= 4 is 11.9 Å². The Morgan fingerprint density at radius 2 is 1.70 bits per heavy atom. The lowest BCUT2D eigenvalue weighted by Crippen LogP contribution is -2.60. The maximum Gasteiger partial charge on any atom is 0.490 e. The van der Waals surface area contributed by atoms with Gasteiger partial charge in [-0.2, -0.15) is 13.2 Å². The van der Waals surface area contributed by atoms with E-state index in [1.54, 1.807) is 24.5 Å². The molecule has 198 valence electrons. The number of carbonyl (C=O) groups is 1. The third-order valence-electron chi connectivity index (χ3n) is 5.38. The number of anilines is 1. The molecule has 14 heteroatoms. The molecule has 1 aliphatic rings. The number of carboxylic acid groups (broad SMARTS) is 1. The highest BCUT2D eigenvalue weighted by Crippen LogP contribution is 2.32. The number of aromatic hydroxyl groups is 1. The van der Waals surface area contributed by atoms with Gasteiger partial charge in [-0.1, -0.05) is 6.07 Å². The quantitative estimate of drug-likeness (QED) is 0.399. The summed E-state index contributed by atoms with van der Waals surface area (Å²) in [5.41, 5.74) is 2.39. The summed E-state index contributed by atoms with van der Waals surface area (Å²) in [6, 6.07) is 5.44. The smallest absolute Gasteiger partial charge is 0.490 e. The van der Waals surface area contributed by atoms with Crippen molar-refractivity contribution in [2.24, 2.45) is 0 Å². The molecule has 3 heterocycles. The van der Waals surface area contributed by atoms with E-state index in [9.17, 15) is 18.3 Å². The molecular formula is C23H27F3N8O3. The van der Waals surface area contributed by atoms with Gasteiger partial charge in [-0.05, 0) is 52.7 Å². The van der Waals surface area contributed by atoms with E-state index in [0.29, 0.717) is 28.5 Å². The van der Waals surface area contributed by atoms with E-state index >= 15 is 0 Å². The number of phenolic OH excluding ortho intramolecular Hbond substituents is 1. The summed E-state index contributed by atoms with van der Waals surface area (Å²) >= 11 is 0. The molecular weight excluding hydrogens is 493 g/mol. The number of aromatic nitrogens is 6. The second-order valence-electron chi connectivity index (χ2n) is 9.84. The molecule has 0 radical (unpaired) electrons. The minimum Gasteiger partial charge on any atom is -0.507 e. The van der Waals surface area contributed by atoms with Crippen LogP contribution in [0, 0.1) is 0 Å². The van der Waals surface area contributed by atoms with Gasteiger partial charge in [0.1, 0.15) is 23.5 Å². The van der Waals surface area contributed by atoms with E-state index in [0.717, 1.165) is 12.8 Å². The highest BCUT2D eigenvalue weighted by molar-refractivity contribution is 5.73.